The van der Waals surface area contributed by atoms with Gasteiger partial charge < -0.3 is 10.4 Å². The van der Waals surface area contributed by atoms with Crippen molar-refractivity contribution in [2.45, 2.75) is 31.2 Å². The number of urea groups is 1. The predicted octanol–water partition coefficient (Wildman–Crippen LogP) is 3.29. The van der Waals surface area contributed by atoms with Crippen LogP contribution in [-0.2, 0) is 17.4 Å². The van der Waals surface area contributed by atoms with E-state index in [-0.39, 0.29) is 5.56 Å². The number of aliphatic hydroxyl groups excluding tert-OH is 1. The number of imide groups is 1. The second kappa shape index (κ2) is 8.02. The summed E-state index contributed by atoms with van der Waals surface area (Å²) >= 11 is 0. The van der Waals surface area contributed by atoms with Gasteiger partial charge in [0.2, 0.25) is 0 Å². The number of amides is 3. The number of carbonyl (C=O) groups excluding carboxylic acids is 2. The lowest BCUT2D eigenvalue weighted by Crippen LogP contribution is -2.35. The van der Waals surface area contributed by atoms with E-state index in [0.29, 0.717) is 12.8 Å². The SMILES string of the molecule is O=C1NC(CCc2ccccc2)C(=O)N1CC(O)c1cccc(C(F)(F)F)c1. The minimum absolute atomic E-state index is 0.0110. The fourth-order valence-corrected chi connectivity index (χ4v) is 3.10. The molecule has 0 aromatic heterocycles. The molecule has 2 aromatic carbocycles. The van der Waals surface area contributed by atoms with Crippen molar-refractivity contribution in [2.75, 3.05) is 6.54 Å². The van der Waals surface area contributed by atoms with Gasteiger partial charge in [0.15, 0.2) is 0 Å². The highest BCUT2D eigenvalue weighted by Gasteiger charge is 2.39. The lowest BCUT2D eigenvalue weighted by atomic mass is 10.0. The van der Waals surface area contributed by atoms with Gasteiger partial charge in [0.25, 0.3) is 5.91 Å². The van der Waals surface area contributed by atoms with Gasteiger partial charge in [0.1, 0.15) is 6.04 Å². The van der Waals surface area contributed by atoms with Gasteiger partial charge in [-0.1, -0.05) is 42.5 Å². The molecule has 1 aliphatic rings. The Kier molecular flexibility index (Phi) is 5.69. The Morgan fingerprint density at radius 2 is 1.79 bits per heavy atom. The van der Waals surface area contributed by atoms with Gasteiger partial charge in [-0.2, -0.15) is 13.2 Å². The predicted molar refractivity (Wildman–Crippen MR) is 95.2 cm³/mol. The number of alkyl halides is 3. The van der Waals surface area contributed by atoms with E-state index in [0.717, 1.165) is 22.6 Å². The Bertz CT molecular complexity index is 855. The van der Waals surface area contributed by atoms with E-state index in [9.17, 15) is 27.9 Å². The summed E-state index contributed by atoms with van der Waals surface area (Å²) in [4.78, 5) is 25.4. The van der Waals surface area contributed by atoms with Crippen LogP contribution in [0.3, 0.4) is 0 Å². The molecule has 148 valence electrons. The van der Waals surface area contributed by atoms with Crippen molar-refractivity contribution in [3.8, 4) is 0 Å². The van der Waals surface area contributed by atoms with Crippen LogP contribution in [0.1, 0.15) is 29.2 Å². The Hall–Kier alpha value is -2.87. The monoisotopic (exact) mass is 392 g/mol. The number of nitrogens with one attached hydrogen (secondary N) is 1. The smallest absolute Gasteiger partial charge is 0.387 e. The molecule has 0 bridgehead atoms. The van der Waals surface area contributed by atoms with Crippen LogP contribution in [0.25, 0.3) is 0 Å². The maximum Gasteiger partial charge on any atom is 0.416 e. The van der Waals surface area contributed by atoms with Crippen LogP contribution in [0.4, 0.5) is 18.0 Å². The standard InChI is InChI=1S/C20H19F3N2O3/c21-20(22,23)15-8-4-7-14(11-15)17(26)12-25-18(27)16(24-19(25)28)10-9-13-5-2-1-3-6-13/h1-8,11,16-17,26H,9-10,12H2,(H,24,28). The number of hydrogen-bond donors (Lipinski definition) is 2. The molecule has 1 heterocycles. The number of benzene rings is 2. The third-order valence-electron chi connectivity index (χ3n) is 4.63. The molecule has 1 fully saturated rings. The van der Waals surface area contributed by atoms with Crippen molar-refractivity contribution in [3.63, 3.8) is 0 Å². The van der Waals surface area contributed by atoms with E-state index in [2.05, 4.69) is 5.32 Å². The molecule has 0 saturated carbocycles. The number of aliphatic hydroxyl groups is 1. The molecular weight excluding hydrogens is 373 g/mol. The third-order valence-corrected chi connectivity index (χ3v) is 4.63. The molecule has 2 atom stereocenters. The minimum Gasteiger partial charge on any atom is -0.387 e. The van der Waals surface area contributed by atoms with Crippen molar-refractivity contribution in [3.05, 3.63) is 71.3 Å². The number of halogens is 3. The summed E-state index contributed by atoms with van der Waals surface area (Å²) in [5.41, 5.74) is 0.108. The number of aryl methyl sites for hydroxylation is 1. The first-order valence-electron chi connectivity index (χ1n) is 8.76. The zero-order chi connectivity index (χ0) is 20.3. The van der Waals surface area contributed by atoms with Crippen LogP contribution in [-0.4, -0.2) is 34.5 Å². The van der Waals surface area contributed by atoms with E-state index in [1.807, 2.05) is 30.3 Å². The third kappa shape index (κ3) is 4.51. The molecule has 0 spiro atoms. The Morgan fingerprint density at radius 3 is 2.46 bits per heavy atom. The fraction of sp³-hybridized carbons (Fsp3) is 0.300. The first kappa shape index (κ1) is 19.9. The van der Waals surface area contributed by atoms with E-state index >= 15 is 0 Å². The minimum atomic E-state index is -4.54. The average Bonchev–Trinajstić information content (AvgIpc) is 2.94. The molecule has 1 saturated heterocycles. The summed E-state index contributed by atoms with van der Waals surface area (Å²) in [7, 11) is 0. The summed E-state index contributed by atoms with van der Waals surface area (Å²) in [5.74, 6) is -0.494. The van der Waals surface area contributed by atoms with E-state index < -0.39 is 42.4 Å². The average molecular weight is 392 g/mol. The first-order chi connectivity index (χ1) is 13.3. The molecule has 3 amide bonds. The summed E-state index contributed by atoms with van der Waals surface area (Å²) in [6.07, 6.45) is -4.98. The molecule has 0 aliphatic carbocycles. The normalized spacial score (nSPS) is 18.3. The molecule has 28 heavy (non-hydrogen) atoms. The van der Waals surface area contributed by atoms with Crippen molar-refractivity contribution in [2.24, 2.45) is 0 Å². The van der Waals surface area contributed by atoms with Crippen molar-refractivity contribution < 1.29 is 27.9 Å². The lowest BCUT2D eigenvalue weighted by molar-refractivity contribution is -0.137. The number of carbonyl (C=O) groups is 2. The van der Waals surface area contributed by atoms with Crippen LogP contribution in [0.5, 0.6) is 0 Å². The van der Waals surface area contributed by atoms with Crippen molar-refractivity contribution >= 4 is 11.9 Å². The second-order valence-corrected chi connectivity index (χ2v) is 6.61. The topological polar surface area (TPSA) is 69.6 Å². The molecule has 2 unspecified atom stereocenters. The Balaban J connectivity index is 1.64. The number of nitrogens with zero attached hydrogens (tertiary/aromatic N) is 1. The highest BCUT2D eigenvalue weighted by molar-refractivity contribution is 6.04. The zero-order valence-corrected chi connectivity index (χ0v) is 14.8. The van der Waals surface area contributed by atoms with Crippen LogP contribution < -0.4 is 5.32 Å². The molecule has 8 heteroatoms. The van der Waals surface area contributed by atoms with Crippen molar-refractivity contribution in [1.29, 1.82) is 0 Å². The van der Waals surface area contributed by atoms with Gasteiger partial charge in [0, 0.05) is 0 Å². The quantitative estimate of drug-likeness (QED) is 0.742. The van der Waals surface area contributed by atoms with E-state index in [1.54, 1.807) is 0 Å². The molecule has 5 nitrogen and oxygen atoms in total. The van der Waals surface area contributed by atoms with Gasteiger partial charge >= 0.3 is 12.2 Å². The van der Waals surface area contributed by atoms with Gasteiger partial charge in [0.05, 0.1) is 18.2 Å². The van der Waals surface area contributed by atoms with E-state index in [4.69, 9.17) is 0 Å². The summed E-state index contributed by atoms with van der Waals surface area (Å²) in [5, 5.41) is 12.8. The maximum absolute atomic E-state index is 12.8. The molecular formula is C20H19F3N2O3. The molecule has 0 radical (unpaired) electrons. The summed E-state index contributed by atoms with van der Waals surface area (Å²) < 4.78 is 38.5. The van der Waals surface area contributed by atoms with Gasteiger partial charge in [-0.05, 0) is 36.1 Å². The highest BCUT2D eigenvalue weighted by atomic mass is 19.4. The van der Waals surface area contributed by atoms with Crippen LogP contribution in [0.2, 0.25) is 0 Å². The summed E-state index contributed by atoms with van der Waals surface area (Å²) in [6.45, 7) is -0.409. The Labute approximate surface area is 159 Å². The first-order valence-corrected chi connectivity index (χ1v) is 8.76. The summed E-state index contributed by atoms with van der Waals surface area (Å²) in [6, 6.07) is 12.3. The highest BCUT2D eigenvalue weighted by Crippen LogP contribution is 2.31. The number of rotatable bonds is 6. The lowest BCUT2D eigenvalue weighted by Gasteiger charge is -2.19. The molecule has 3 rings (SSSR count). The largest absolute Gasteiger partial charge is 0.416 e. The van der Waals surface area contributed by atoms with E-state index in [1.165, 1.54) is 12.1 Å². The zero-order valence-electron chi connectivity index (χ0n) is 14.8. The van der Waals surface area contributed by atoms with Gasteiger partial charge in [-0.15, -0.1) is 0 Å². The van der Waals surface area contributed by atoms with Crippen LogP contribution in [0.15, 0.2) is 54.6 Å². The number of β-amino-alcohol motifs (C(OH)–C–C–N with tert-alkyl or cyclic N) is 1. The van der Waals surface area contributed by atoms with Crippen LogP contribution in [0, 0.1) is 0 Å². The Morgan fingerprint density at radius 1 is 1.07 bits per heavy atom. The number of hydrogen-bond acceptors (Lipinski definition) is 3. The van der Waals surface area contributed by atoms with Crippen molar-refractivity contribution in [1.82, 2.24) is 10.2 Å². The maximum atomic E-state index is 12.8. The van der Waals surface area contributed by atoms with Crippen LogP contribution >= 0.6 is 0 Å². The molecule has 1 aliphatic heterocycles. The van der Waals surface area contributed by atoms with Gasteiger partial charge in [-0.25, -0.2) is 4.79 Å². The second-order valence-electron chi connectivity index (χ2n) is 6.61. The fourth-order valence-electron chi connectivity index (χ4n) is 3.10. The molecule has 2 aromatic rings. The molecule has 2 N–H and O–H groups in total. The van der Waals surface area contributed by atoms with Gasteiger partial charge in [-0.3, -0.25) is 9.69 Å².